The van der Waals surface area contributed by atoms with Crippen LogP contribution in [0.3, 0.4) is 0 Å². The van der Waals surface area contributed by atoms with Gasteiger partial charge in [0.15, 0.2) is 0 Å². The van der Waals surface area contributed by atoms with Crippen molar-refractivity contribution in [1.82, 2.24) is 10.2 Å². The molecule has 0 unspecified atom stereocenters. The molecule has 0 aromatic heterocycles. The van der Waals surface area contributed by atoms with E-state index in [0.29, 0.717) is 19.5 Å². The standard InChI is InChI=1S/C12H19N3O3/c1-18-12(17)10-3-7-15(8-4-10)9-11(16)14-6-2-5-13/h10H,2-4,6-9H2,1H3,(H,14,16). The first-order valence-electron chi connectivity index (χ1n) is 6.11. The third-order valence-corrected chi connectivity index (χ3v) is 3.05. The van der Waals surface area contributed by atoms with E-state index in [9.17, 15) is 9.59 Å². The number of likely N-dealkylation sites (tertiary alicyclic amines) is 1. The number of piperidine rings is 1. The Morgan fingerprint density at radius 2 is 2.11 bits per heavy atom. The van der Waals surface area contributed by atoms with Crippen LogP contribution in [0.1, 0.15) is 19.3 Å². The summed E-state index contributed by atoms with van der Waals surface area (Å²) < 4.78 is 4.70. The number of nitrogens with one attached hydrogen (secondary N) is 1. The second-order valence-corrected chi connectivity index (χ2v) is 4.33. The van der Waals surface area contributed by atoms with Gasteiger partial charge in [0, 0.05) is 6.54 Å². The molecule has 0 aliphatic carbocycles. The Morgan fingerprint density at radius 1 is 1.44 bits per heavy atom. The number of carbonyl (C=O) groups excluding carboxylic acids is 2. The van der Waals surface area contributed by atoms with Gasteiger partial charge in [-0.3, -0.25) is 14.5 Å². The Hall–Kier alpha value is -1.61. The highest BCUT2D eigenvalue weighted by Gasteiger charge is 2.26. The predicted molar refractivity (Wildman–Crippen MR) is 64.4 cm³/mol. The number of carbonyl (C=O) groups is 2. The van der Waals surface area contributed by atoms with Gasteiger partial charge in [-0.15, -0.1) is 0 Å². The third-order valence-electron chi connectivity index (χ3n) is 3.05. The molecule has 1 heterocycles. The van der Waals surface area contributed by atoms with Crippen LogP contribution < -0.4 is 5.32 Å². The van der Waals surface area contributed by atoms with E-state index in [0.717, 1.165) is 25.9 Å². The summed E-state index contributed by atoms with van der Waals surface area (Å²) in [4.78, 5) is 24.8. The fraction of sp³-hybridized carbons (Fsp3) is 0.750. The summed E-state index contributed by atoms with van der Waals surface area (Å²) in [6.45, 7) is 2.18. The maximum absolute atomic E-state index is 11.5. The van der Waals surface area contributed by atoms with Crippen LogP contribution in [0, 0.1) is 17.2 Å². The van der Waals surface area contributed by atoms with Crippen molar-refractivity contribution in [3.8, 4) is 6.07 Å². The Labute approximate surface area is 107 Å². The summed E-state index contributed by atoms with van der Waals surface area (Å²) in [6.07, 6.45) is 1.80. The molecular weight excluding hydrogens is 234 g/mol. The number of methoxy groups -OCH3 is 1. The summed E-state index contributed by atoms with van der Waals surface area (Å²) in [7, 11) is 1.40. The molecular formula is C12H19N3O3. The largest absolute Gasteiger partial charge is 0.469 e. The van der Waals surface area contributed by atoms with Crippen molar-refractivity contribution < 1.29 is 14.3 Å². The molecule has 0 saturated carbocycles. The number of hydrogen-bond acceptors (Lipinski definition) is 5. The molecule has 0 radical (unpaired) electrons. The van der Waals surface area contributed by atoms with Gasteiger partial charge in [-0.05, 0) is 25.9 Å². The molecule has 1 aliphatic rings. The molecule has 1 saturated heterocycles. The first kappa shape index (κ1) is 14.5. The number of nitriles is 1. The third kappa shape index (κ3) is 4.72. The Kier molecular flexibility index (Phi) is 6.15. The van der Waals surface area contributed by atoms with Crippen molar-refractivity contribution in [2.45, 2.75) is 19.3 Å². The van der Waals surface area contributed by atoms with E-state index >= 15 is 0 Å². The zero-order valence-corrected chi connectivity index (χ0v) is 10.6. The molecule has 0 aromatic carbocycles. The number of hydrogen-bond donors (Lipinski definition) is 1. The van der Waals surface area contributed by atoms with Crippen LogP contribution in [0.25, 0.3) is 0 Å². The van der Waals surface area contributed by atoms with E-state index in [-0.39, 0.29) is 17.8 Å². The van der Waals surface area contributed by atoms with Crippen LogP contribution in [-0.4, -0.2) is 50.1 Å². The van der Waals surface area contributed by atoms with Gasteiger partial charge >= 0.3 is 5.97 Å². The van der Waals surface area contributed by atoms with Crippen LogP contribution >= 0.6 is 0 Å². The molecule has 100 valence electrons. The topological polar surface area (TPSA) is 82.4 Å². The summed E-state index contributed by atoms with van der Waals surface area (Å²) in [5, 5.41) is 11.0. The Bertz CT molecular complexity index is 330. The van der Waals surface area contributed by atoms with Gasteiger partial charge in [-0.1, -0.05) is 0 Å². The molecule has 0 bridgehead atoms. The second-order valence-electron chi connectivity index (χ2n) is 4.33. The lowest BCUT2D eigenvalue weighted by molar-refractivity contribution is -0.147. The quantitative estimate of drug-likeness (QED) is 0.546. The van der Waals surface area contributed by atoms with Crippen molar-refractivity contribution in [2.24, 2.45) is 5.92 Å². The van der Waals surface area contributed by atoms with E-state index in [2.05, 4.69) is 5.32 Å². The molecule has 1 amide bonds. The van der Waals surface area contributed by atoms with E-state index in [1.165, 1.54) is 7.11 Å². The minimum Gasteiger partial charge on any atom is -0.469 e. The van der Waals surface area contributed by atoms with Crippen molar-refractivity contribution in [1.29, 1.82) is 5.26 Å². The van der Waals surface area contributed by atoms with Gasteiger partial charge in [0.05, 0.1) is 32.1 Å². The molecule has 1 aliphatic heterocycles. The van der Waals surface area contributed by atoms with Crippen molar-refractivity contribution in [3.63, 3.8) is 0 Å². The van der Waals surface area contributed by atoms with Crippen molar-refractivity contribution in [3.05, 3.63) is 0 Å². The van der Waals surface area contributed by atoms with Gasteiger partial charge in [-0.2, -0.15) is 5.26 Å². The molecule has 1 fully saturated rings. The van der Waals surface area contributed by atoms with Crippen molar-refractivity contribution in [2.75, 3.05) is 33.3 Å². The molecule has 1 N–H and O–H groups in total. The van der Waals surface area contributed by atoms with E-state index in [1.54, 1.807) is 0 Å². The van der Waals surface area contributed by atoms with Gasteiger partial charge in [0.2, 0.25) is 5.91 Å². The maximum atomic E-state index is 11.5. The minimum absolute atomic E-state index is 0.0344. The lowest BCUT2D eigenvalue weighted by Gasteiger charge is -2.29. The summed E-state index contributed by atoms with van der Waals surface area (Å²) >= 11 is 0. The number of esters is 1. The molecule has 18 heavy (non-hydrogen) atoms. The number of nitrogens with zero attached hydrogens (tertiary/aromatic N) is 2. The minimum atomic E-state index is -0.159. The van der Waals surface area contributed by atoms with Crippen molar-refractivity contribution >= 4 is 11.9 Å². The summed E-state index contributed by atoms with van der Waals surface area (Å²) in [5.41, 5.74) is 0. The number of rotatable bonds is 5. The fourth-order valence-corrected chi connectivity index (χ4v) is 2.01. The van der Waals surface area contributed by atoms with Crippen LogP contribution in [0.15, 0.2) is 0 Å². The average molecular weight is 253 g/mol. The molecule has 0 aromatic rings. The highest BCUT2D eigenvalue weighted by atomic mass is 16.5. The monoisotopic (exact) mass is 253 g/mol. The summed E-state index contributed by atoms with van der Waals surface area (Å²) in [6, 6.07) is 1.97. The van der Waals surface area contributed by atoms with Gasteiger partial charge in [0.25, 0.3) is 0 Å². The van der Waals surface area contributed by atoms with E-state index < -0.39 is 0 Å². The highest BCUT2D eigenvalue weighted by Crippen LogP contribution is 2.17. The number of ether oxygens (including phenoxy) is 1. The second kappa shape index (κ2) is 7.67. The zero-order chi connectivity index (χ0) is 13.4. The zero-order valence-electron chi connectivity index (χ0n) is 10.6. The van der Waals surface area contributed by atoms with Crippen LogP contribution in [-0.2, 0) is 14.3 Å². The first-order valence-corrected chi connectivity index (χ1v) is 6.11. The highest BCUT2D eigenvalue weighted by molar-refractivity contribution is 5.78. The molecule has 0 atom stereocenters. The van der Waals surface area contributed by atoms with Crippen LogP contribution in [0.4, 0.5) is 0 Å². The molecule has 6 nitrogen and oxygen atoms in total. The normalized spacial score (nSPS) is 16.9. The van der Waals surface area contributed by atoms with Gasteiger partial charge in [0.1, 0.15) is 0 Å². The van der Waals surface area contributed by atoms with Gasteiger partial charge in [-0.25, -0.2) is 0 Å². The Morgan fingerprint density at radius 3 is 2.67 bits per heavy atom. The lowest BCUT2D eigenvalue weighted by atomic mass is 9.97. The van der Waals surface area contributed by atoms with Crippen LogP contribution in [0.2, 0.25) is 0 Å². The first-order chi connectivity index (χ1) is 8.67. The van der Waals surface area contributed by atoms with Gasteiger partial charge < -0.3 is 10.1 Å². The number of amides is 1. The summed E-state index contributed by atoms with van der Waals surface area (Å²) in [5.74, 6) is -0.261. The Balaban J connectivity index is 2.21. The predicted octanol–water partition coefficient (Wildman–Crippen LogP) is -0.0987. The molecule has 6 heteroatoms. The molecule has 0 spiro atoms. The SMILES string of the molecule is COC(=O)C1CCN(CC(=O)NCCC#N)CC1. The average Bonchev–Trinajstić information content (AvgIpc) is 2.39. The maximum Gasteiger partial charge on any atom is 0.308 e. The van der Waals surface area contributed by atoms with Crippen LogP contribution in [0.5, 0.6) is 0 Å². The smallest absolute Gasteiger partial charge is 0.308 e. The fourth-order valence-electron chi connectivity index (χ4n) is 2.01. The van der Waals surface area contributed by atoms with E-state index in [4.69, 9.17) is 10.00 Å². The molecule has 1 rings (SSSR count). The lowest BCUT2D eigenvalue weighted by Crippen LogP contribution is -2.43. The van der Waals surface area contributed by atoms with E-state index in [1.807, 2.05) is 11.0 Å².